The second-order valence-corrected chi connectivity index (χ2v) is 5.97. The fourth-order valence-electron chi connectivity index (χ4n) is 3.80. The van der Waals surface area contributed by atoms with E-state index in [-0.39, 0.29) is 0 Å². The summed E-state index contributed by atoms with van der Waals surface area (Å²) in [5, 5.41) is 0. The number of rotatable bonds is 2. The lowest BCUT2D eigenvalue weighted by molar-refractivity contribution is 0.259. The summed E-state index contributed by atoms with van der Waals surface area (Å²) >= 11 is 0. The van der Waals surface area contributed by atoms with Crippen molar-refractivity contribution < 1.29 is 0 Å². The summed E-state index contributed by atoms with van der Waals surface area (Å²) in [6.07, 6.45) is 18.9. The van der Waals surface area contributed by atoms with Crippen LogP contribution in [0.1, 0.15) is 58.8 Å². The highest BCUT2D eigenvalue weighted by Crippen LogP contribution is 2.40. The Kier molecular flexibility index (Phi) is 5.30. The van der Waals surface area contributed by atoms with Crippen LogP contribution in [0.5, 0.6) is 0 Å². The molecule has 1 aliphatic heterocycles. The van der Waals surface area contributed by atoms with E-state index in [1.165, 1.54) is 50.6 Å². The van der Waals surface area contributed by atoms with Crippen molar-refractivity contribution >= 4 is 0 Å². The highest BCUT2D eigenvalue weighted by Gasteiger charge is 2.35. The van der Waals surface area contributed by atoms with Gasteiger partial charge in [0.15, 0.2) is 0 Å². The van der Waals surface area contributed by atoms with Crippen molar-refractivity contribution in [3.63, 3.8) is 0 Å². The molecule has 0 aromatic heterocycles. The summed E-state index contributed by atoms with van der Waals surface area (Å²) in [7, 11) is 2.29. The molecule has 0 radical (unpaired) electrons. The van der Waals surface area contributed by atoms with E-state index in [0.717, 1.165) is 12.0 Å². The maximum absolute atomic E-state index is 2.55. The molecular formula is C18H29N. The molecule has 0 saturated heterocycles. The minimum absolute atomic E-state index is 0.732. The van der Waals surface area contributed by atoms with Crippen LogP contribution < -0.4 is 0 Å². The summed E-state index contributed by atoms with van der Waals surface area (Å²) < 4.78 is 0. The molecule has 1 heteroatoms. The Balaban J connectivity index is 2.30. The van der Waals surface area contributed by atoms with Gasteiger partial charge in [-0.3, -0.25) is 0 Å². The number of hydrogen-bond acceptors (Lipinski definition) is 1. The van der Waals surface area contributed by atoms with Gasteiger partial charge in [0.1, 0.15) is 0 Å². The van der Waals surface area contributed by atoms with Gasteiger partial charge in [0.2, 0.25) is 0 Å². The summed E-state index contributed by atoms with van der Waals surface area (Å²) in [6.45, 7) is 4.27. The Bertz CT molecular complexity index is 375. The maximum Gasteiger partial charge on any atom is 0.0399 e. The van der Waals surface area contributed by atoms with Crippen LogP contribution in [0.15, 0.2) is 35.6 Å². The van der Waals surface area contributed by atoms with Crippen molar-refractivity contribution in [2.24, 2.45) is 5.92 Å². The molecule has 0 bridgehead atoms. The molecule has 2 unspecified atom stereocenters. The van der Waals surface area contributed by atoms with Gasteiger partial charge in [-0.05, 0) is 38.3 Å². The summed E-state index contributed by atoms with van der Waals surface area (Å²) in [5.74, 6) is 0.755. The van der Waals surface area contributed by atoms with E-state index in [9.17, 15) is 0 Å². The minimum atomic E-state index is 0.732. The standard InChI is InChI=1S/C18H29N/c1-4-11-15-16-13-9-7-6-8-10-14-18(16)19(3)17(15)12-5-2/h4-5,11-12,16,18H,6-10,13-14H2,1-3H3/b11-4-,12-5-. The zero-order valence-electron chi connectivity index (χ0n) is 12.9. The number of likely N-dealkylation sites (N-methyl/N-ethyl adjacent to an activating group) is 1. The van der Waals surface area contributed by atoms with E-state index in [0.29, 0.717) is 0 Å². The van der Waals surface area contributed by atoms with E-state index in [1.807, 2.05) is 0 Å². The second kappa shape index (κ2) is 6.98. The Labute approximate surface area is 119 Å². The molecule has 106 valence electrons. The molecule has 2 atom stereocenters. The first-order chi connectivity index (χ1) is 9.29. The van der Waals surface area contributed by atoms with E-state index >= 15 is 0 Å². The van der Waals surface area contributed by atoms with Crippen molar-refractivity contribution in [3.8, 4) is 0 Å². The van der Waals surface area contributed by atoms with Gasteiger partial charge in [-0.25, -0.2) is 0 Å². The van der Waals surface area contributed by atoms with Gasteiger partial charge in [0, 0.05) is 24.7 Å². The van der Waals surface area contributed by atoms with Crippen molar-refractivity contribution in [2.45, 2.75) is 64.8 Å². The van der Waals surface area contributed by atoms with Gasteiger partial charge in [-0.15, -0.1) is 0 Å². The zero-order valence-corrected chi connectivity index (χ0v) is 12.9. The van der Waals surface area contributed by atoms with Crippen LogP contribution in [-0.4, -0.2) is 18.0 Å². The molecular weight excluding hydrogens is 230 g/mol. The van der Waals surface area contributed by atoms with Crippen LogP contribution >= 0.6 is 0 Å². The Morgan fingerprint density at radius 1 is 0.895 bits per heavy atom. The van der Waals surface area contributed by atoms with Crippen molar-refractivity contribution in [2.75, 3.05) is 7.05 Å². The van der Waals surface area contributed by atoms with Gasteiger partial charge in [0.05, 0.1) is 0 Å². The SMILES string of the molecule is C/C=C\C1=C(/C=C\C)N(C)C2CCCCCCCC12. The fourth-order valence-corrected chi connectivity index (χ4v) is 3.80. The van der Waals surface area contributed by atoms with Gasteiger partial charge < -0.3 is 4.90 Å². The van der Waals surface area contributed by atoms with Crippen LogP contribution in [0, 0.1) is 5.92 Å². The molecule has 1 aliphatic carbocycles. The average molecular weight is 259 g/mol. The van der Waals surface area contributed by atoms with Crippen molar-refractivity contribution in [1.82, 2.24) is 4.90 Å². The first-order valence-electron chi connectivity index (χ1n) is 8.02. The van der Waals surface area contributed by atoms with Crippen LogP contribution in [-0.2, 0) is 0 Å². The smallest absolute Gasteiger partial charge is 0.0399 e. The molecule has 0 spiro atoms. The Morgan fingerprint density at radius 3 is 2.21 bits per heavy atom. The van der Waals surface area contributed by atoms with Crippen molar-refractivity contribution in [3.05, 3.63) is 35.6 Å². The van der Waals surface area contributed by atoms with Gasteiger partial charge >= 0.3 is 0 Å². The third-order valence-electron chi connectivity index (χ3n) is 4.72. The molecule has 19 heavy (non-hydrogen) atoms. The molecule has 0 amide bonds. The van der Waals surface area contributed by atoms with Gasteiger partial charge in [-0.1, -0.05) is 50.3 Å². The summed E-state index contributed by atoms with van der Waals surface area (Å²) in [5.41, 5.74) is 3.03. The van der Waals surface area contributed by atoms with Crippen molar-refractivity contribution in [1.29, 1.82) is 0 Å². The zero-order chi connectivity index (χ0) is 13.7. The van der Waals surface area contributed by atoms with E-state index < -0.39 is 0 Å². The topological polar surface area (TPSA) is 3.24 Å². The first-order valence-corrected chi connectivity index (χ1v) is 8.02. The third kappa shape index (κ3) is 3.13. The van der Waals surface area contributed by atoms with Gasteiger partial charge in [0.25, 0.3) is 0 Å². The van der Waals surface area contributed by atoms with E-state index in [2.05, 4.69) is 50.1 Å². The van der Waals surface area contributed by atoms with E-state index in [4.69, 9.17) is 0 Å². The fraction of sp³-hybridized carbons (Fsp3) is 0.667. The number of hydrogen-bond donors (Lipinski definition) is 0. The highest BCUT2D eigenvalue weighted by atomic mass is 15.2. The normalized spacial score (nSPS) is 29.7. The number of fused-ring (bicyclic) bond motifs is 1. The summed E-state index contributed by atoms with van der Waals surface area (Å²) in [6, 6.07) is 0.732. The molecule has 0 aromatic rings. The molecule has 1 nitrogen and oxygen atoms in total. The highest BCUT2D eigenvalue weighted by molar-refractivity contribution is 5.39. The predicted octanol–water partition coefficient (Wildman–Crippen LogP) is 5.07. The third-order valence-corrected chi connectivity index (χ3v) is 4.72. The first kappa shape index (κ1) is 14.4. The predicted molar refractivity (Wildman–Crippen MR) is 84.0 cm³/mol. The Hall–Kier alpha value is -0.980. The van der Waals surface area contributed by atoms with Crippen LogP contribution in [0.2, 0.25) is 0 Å². The molecule has 1 heterocycles. The maximum atomic E-state index is 2.55. The number of nitrogens with zero attached hydrogens (tertiary/aromatic N) is 1. The molecule has 2 rings (SSSR count). The lowest BCUT2D eigenvalue weighted by atomic mass is 9.87. The monoisotopic (exact) mass is 259 g/mol. The summed E-state index contributed by atoms with van der Waals surface area (Å²) in [4.78, 5) is 2.55. The van der Waals surface area contributed by atoms with Crippen LogP contribution in [0.3, 0.4) is 0 Å². The minimum Gasteiger partial charge on any atom is -0.371 e. The van der Waals surface area contributed by atoms with Gasteiger partial charge in [-0.2, -0.15) is 0 Å². The lowest BCUT2D eigenvalue weighted by Gasteiger charge is -2.28. The molecule has 1 fully saturated rings. The van der Waals surface area contributed by atoms with E-state index in [1.54, 1.807) is 5.57 Å². The van der Waals surface area contributed by atoms with Crippen LogP contribution in [0.4, 0.5) is 0 Å². The molecule has 1 saturated carbocycles. The molecule has 2 aliphatic rings. The molecule has 0 aromatic carbocycles. The van der Waals surface area contributed by atoms with Crippen LogP contribution in [0.25, 0.3) is 0 Å². The Morgan fingerprint density at radius 2 is 1.53 bits per heavy atom. The second-order valence-electron chi connectivity index (χ2n) is 5.97. The largest absolute Gasteiger partial charge is 0.371 e. The molecule has 0 N–H and O–H groups in total. The quantitative estimate of drug-likeness (QED) is 0.669. The number of allylic oxidation sites excluding steroid dienone is 4. The average Bonchev–Trinajstić information content (AvgIpc) is 2.71. The lowest BCUT2D eigenvalue weighted by Crippen LogP contribution is -2.30.